The van der Waals surface area contributed by atoms with E-state index in [1.165, 1.54) is 0 Å². The first-order valence-corrected chi connectivity index (χ1v) is 8.56. The standard InChI is InChI=1S/C18H21N3O3.CH2O/c1-19-15-6-4-14(5-7-15)16-13-18(24-20-16)8-10-21(11-9-18)17(23)3-2-12-22;1-2/h4-7,22H,2-3,8-13H2;1H2. The molecule has 1 spiro atoms. The zero-order valence-corrected chi connectivity index (χ0v) is 14.7. The smallest absolute Gasteiger partial charge is 0.222 e. The maximum Gasteiger partial charge on any atom is 0.222 e. The molecule has 0 unspecified atom stereocenters. The molecule has 7 heteroatoms. The van der Waals surface area contributed by atoms with Crippen molar-refractivity contribution in [3.63, 3.8) is 0 Å². The van der Waals surface area contributed by atoms with Crippen LogP contribution < -0.4 is 0 Å². The molecule has 0 saturated carbocycles. The maximum absolute atomic E-state index is 12.0. The van der Waals surface area contributed by atoms with Crippen LogP contribution in [0.15, 0.2) is 29.4 Å². The van der Waals surface area contributed by atoms with E-state index < -0.39 is 0 Å². The minimum absolute atomic E-state index is 0.0517. The number of aliphatic hydroxyl groups is 1. The molecule has 2 heterocycles. The van der Waals surface area contributed by atoms with E-state index >= 15 is 0 Å². The highest BCUT2D eigenvalue weighted by atomic mass is 16.7. The normalized spacial score (nSPS) is 17.5. The largest absolute Gasteiger partial charge is 0.396 e. The molecule has 2 aliphatic heterocycles. The Morgan fingerprint density at radius 3 is 2.54 bits per heavy atom. The molecule has 138 valence electrons. The Kier molecular flexibility index (Phi) is 6.87. The van der Waals surface area contributed by atoms with E-state index in [1.54, 1.807) is 12.1 Å². The van der Waals surface area contributed by atoms with Gasteiger partial charge in [0, 0.05) is 45.4 Å². The molecule has 1 aromatic carbocycles. The third kappa shape index (κ3) is 4.46. The third-order valence-electron chi connectivity index (χ3n) is 4.74. The second-order valence-electron chi connectivity index (χ2n) is 6.36. The summed E-state index contributed by atoms with van der Waals surface area (Å²) in [5.74, 6) is 0.104. The number of hydrogen-bond donors (Lipinski definition) is 1. The lowest BCUT2D eigenvalue weighted by Crippen LogP contribution is -2.46. The first kappa shape index (κ1) is 19.6. The molecule has 1 saturated heterocycles. The van der Waals surface area contributed by atoms with Gasteiger partial charge in [0.15, 0.2) is 5.69 Å². The van der Waals surface area contributed by atoms with Crippen LogP contribution in [0.2, 0.25) is 0 Å². The zero-order valence-electron chi connectivity index (χ0n) is 14.7. The Balaban J connectivity index is 0.00000117. The Morgan fingerprint density at radius 2 is 1.96 bits per heavy atom. The van der Waals surface area contributed by atoms with Crippen molar-refractivity contribution in [3.05, 3.63) is 41.2 Å². The minimum Gasteiger partial charge on any atom is -0.396 e. The van der Waals surface area contributed by atoms with Crippen LogP contribution in [0.1, 0.15) is 37.7 Å². The average Bonchev–Trinajstić information content (AvgIpc) is 3.12. The SMILES string of the molecule is C=O.[C-]#[N+]c1ccc(C2=NOC3(CCN(C(=O)CCCO)CC3)C2)cc1. The van der Waals surface area contributed by atoms with Gasteiger partial charge in [0.25, 0.3) is 0 Å². The molecule has 0 bridgehead atoms. The number of hydrogen-bond acceptors (Lipinski definition) is 5. The Labute approximate surface area is 153 Å². The Hall–Kier alpha value is -2.72. The van der Waals surface area contributed by atoms with E-state index in [2.05, 4.69) is 10.0 Å². The van der Waals surface area contributed by atoms with E-state index in [4.69, 9.17) is 21.3 Å². The highest BCUT2D eigenvalue weighted by Gasteiger charge is 2.42. The Bertz CT molecular complexity index is 686. The first-order chi connectivity index (χ1) is 12.7. The number of benzene rings is 1. The highest BCUT2D eigenvalue weighted by Crippen LogP contribution is 2.36. The van der Waals surface area contributed by atoms with Gasteiger partial charge in [0.2, 0.25) is 5.91 Å². The molecule has 0 atom stereocenters. The number of amides is 1. The predicted molar refractivity (Wildman–Crippen MR) is 96.9 cm³/mol. The van der Waals surface area contributed by atoms with Crippen molar-refractivity contribution in [1.82, 2.24) is 4.90 Å². The van der Waals surface area contributed by atoms with Crippen LogP contribution in [0.25, 0.3) is 4.85 Å². The van der Waals surface area contributed by atoms with Gasteiger partial charge >= 0.3 is 0 Å². The fourth-order valence-corrected chi connectivity index (χ4v) is 3.22. The number of carbonyl (C=O) groups is 2. The van der Waals surface area contributed by atoms with E-state index in [9.17, 15) is 4.79 Å². The van der Waals surface area contributed by atoms with Crippen molar-refractivity contribution in [2.45, 2.75) is 37.7 Å². The molecule has 7 nitrogen and oxygen atoms in total. The fraction of sp³-hybridized carbons (Fsp3) is 0.474. The van der Waals surface area contributed by atoms with Crippen molar-refractivity contribution in [2.24, 2.45) is 5.16 Å². The number of carbonyl (C=O) groups excluding carboxylic acids is 2. The van der Waals surface area contributed by atoms with Crippen molar-refractivity contribution in [3.8, 4) is 0 Å². The van der Waals surface area contributed by atoms with Crippen LogP contribution in [0.4, 0.5) is 5.69 Å². The summed E-state index contributed by atoms with van der Waals surface area (Å²) in [6.07, 6.45) is 3.20. The summed E-state index contributed by atoms with van der Waals surface area (Å²) in [6, 6.07) is 7.39. The summed E-state index contributed by atoms with van der Waals surface area (Å²) in [7, 11) is 0. The van der Waals surface area contributed by atoms with Gasteiger partial charge in [-0.25, -0.2) is 4.85 Å². The summed E-state index contributed by atoms with van der Waals surface area (Å²) in [6.45, 7) is 10.4. The van der Waals surface area contributed by atoms with Gasteiger partial charge < -0.3 is 19.6 Å². The maximum atomic E-state index is 12.0. The van der Waals surface area contributed by atoms with Gasteiger partial charge in [0.05, 0.1) is 12.3 Å². The van der Waals surface area contributed by atoms with Gasteiger partial charge in [0.1, 0.15) is 12.4 Å². The van der Waals surface area contributed by atoms with Crippen LogP contribution in [-0.2, 0) is 14.4 Å². The predicted octanol–water partition coefficient (Wildman–Crippen LogP) is 2.31. The summed E-state index contributed by atoms with van der Waals surface area (Å²) < 4.78 is 0. The van der Waals surface area contributed by atoms with Crippen LogP contribution >= 0.6 is 0 Å². The molecular weight excluding hydrogens is 334 g/mol. The molecule has 3 rings (SSSR count). The molecule has 26 heavy (non-hydrogen) atoms. The van der Waals surface area contributed by atoms with Crippen LogP contribution in [0.5, 0.6) is 0 Å². The molecule has 1 aromatic rings. The molecule has 0 aliphatic carbocycles. The number of likely N-dealkylation sites (tertiary alicyclic amines) is 1. The minimum atomic E-state index is -0.304. The van der Waals surface area contributed by atoms with Crippen molar-refractivity contribution in [2.75, 3.05) is 19.7 Å². The van der Waals surface area contributed by atoms with Crippen molar-refractivity contribution >= 4 is 24.1 Å². The van der Waals surface area contributed by atoms with Gasteiger partial charge in [-0.05, 0) is 12.0 Å². The molecular formula is C19H23N3O4. The number of aliphatic hydroxyl groups excluding tert-OH is 1. The summed E-state index contributed by atoms with van der Waals surface area (Å²) in [4.78, 5) is 31.0. The highest BCUT2D eigenvalue weighted by molar-refractivity contribution is 6.01. The molecule has 1 amide bonds. The number of oxime groups is 1. The number of rotatable bonds is 4. The van der Waals surface area contributed by atoms with Crippen molar-refractivity contribution in [1.29, 1.82) is 0 Å². The average molecular weight is 357 g/mol. The van der Waals surface area contributed by atoms with Gasteiger partial charge in [-0.2, -0.15) is 0 Å². The molecule has 0 aromatic heterocycles. The second kappa shape index (κ2) is 9.11. The second-order valence-corrected chi connectivity index (χ2v) is 6.36. The lowest BCUT2D eigenvalue weighted by molar-refractivity contribution is -0.137. The van der Waals surface area contributed by atoms with Gasteiger partial charge in [-0.1, -0.05) is 29.4 Å². The van der Waals surface area contributed by atoms with Crippen LogP contribution in [0, 0.1) is 6.57 Å². The Morgan fingerprint density at radius 1 is 1.31 bits per heavy atom. The van der Waals surface area contributed by atoms with Crippen molar-refractivity contribution < 1.29 is 19.5 Å². The lowest BCUT2D eigenvalue weighted by atomic mass is 9.85. The lowest BCUT2D eigenvalue weighted by Gasteiger charge is -2.37. The van der Waals surface area contributed by atoms with Crippen LogP contribution in [-0.4, -0.2) is 53.7 Å². The first-order valence-electron chi connectivity index (χ1n) is 8.56. The van der Waals surface area contributed by atoms with E-state index in [0.29, 0.717) is 31.6 Å². The summed E-state index contributed by atoms with van der Waals surface area (Å²) >= 11 is 0. The quantitative estimate of drug-likeness (QED) is 0.838. The summed E-state index contributed by atoms with van der Waals surface area (Å²) in [5.41, 5.74) is 2.21. The number of nitrogens with zero attached hydrogens (tertiary/aromatic N) is 3. The molecule has 0 radical (unpaired) electrons. The monoisotopic (exact) mass is 357 g/mol. The van der Waals surface area contributed by atoms with Gasteiger partial charge in [-0.15, -0.1) is 0 Å². The van der Waals surface area contributed by atoms with Crippen LogP contribution in [0.3, 0.4) is 0 Å². The zero-order chi connectivity index (χ0) is 19.0. The fourth-order valence-electron chi connectivity index (χ4n) is 3.22. The molecule has 1 N–H and O–H groups in total. The van der Waals surface area contributed by atoms with E-state index in [0.717, 1.165) is 30.5 Å². The van der Waals surface area contributed by atoms with E-state index in [1.807, 2.05) is 23.8 Å². The third-order valence-corrected chi connectivity index (χ3v) is 4.74. The molecule has 2 aliphatic rings. The molecule has 1 fully saturated rings. The summed E-state index contributed by atoms with van der Waals surface area (Å²) in [5, 5.41) is 13.1. The van der Waals surface area contributed by atoms with E-state index in [-0.39, 0.29) is 18.1 Å². The number of piperidine rings is 1. The van der Waals surface area contributed by atoms with Gasteiger partial charge in [-0.3, -0.25) is 4.79 Å². The topological polar surface area (TPSA) is 83.6 Å².